The van der Waals surface area contributed by atoms with E-state index in [0.717, 1.165) is 6.07 Å². The monoisotopic (exact) mass is 209 g/mol. The molecular formula is C11H9F2NO. The highest BCUT2D eigenvalue weighted by Gasteiger charge is 2.16. The van der Waals surface area contributed by atoms with Gasteiger partial charge in [-0.15, -0.1) is 0 Å². The Kier molecular flexibility index (Phi) is 2.07. The summed E-state index contributed by atoms with van der Waals surface area (Å²) in [6.07, 6.45) is 0.596. The number of carbonyl (C=O) groups excluding carboxylic acids is 1. The Balaban J connectivity index is 3.03. The lowest BCUT2D eigenvalue weighted by molar-refractivity contribution is 0.112. The zero-order valence-electron chi connectivity index (χ0n) is 8.34. The first-order valence-corrected chi connectivity index (χ1v) is 4.45. The largest absolute Gasteiger partial charge is 0.347 e. The Morgan fingerprint density at radius 3 is 2.60 bits per heavy atom. The minimum absolute atomic E-state index is 0.186. The van der Waals surface area contributed by atoms with Crippen molar-refractivity contribution in [1.82, 2.24) is 4.57 Å². The second kappa shape index (κ2) is 3.15. The number of fused-ring (bicyclic) bond motifs is 1. The topological polar surface area (TPSA) is 22.0 Å². The first-order chi connectivity index (χ1) is 7.06. The van der Waals surface area contributed by atoms with Gasteiger partial charge in [-0.05, 0) is 13.0 Å². The number of halogens is 2. The average Bonchev–Trinajstić information content (AvgIpc) is 2.42. The molecule has 0 fully saturated rings. The van der Waals surface area contributed by atoms with E-state index in [4.69, 9.17) is 0 Å². The SMILES string of the molecule is Cc1c(C=O)c2c(F)cc(F)cc2n1C. The van der Waals surface area contributed by atoms with E-state index in [0.29, 0.717) is 17.5 Å². The molecule has 0 amide bonds. The van der Waals surface area contributed by atoms with Gasteiger partial charge in [0.1, 0.15) is 11.6 Å². The summed E-state index contributed by atoms with van der Waals surface area (Å²) in [6, 6.07) is 2.01. The van der Waals surface area contributed by atoms with Crippen LogP contribution in [0.5, 0.6) is 0 Å². The van der Waals surface area contributed by atoms with Crippen LogP contribution in [0.15, 0.2) is 12.1 Å². The van der Waals surface area contributed by atoms with Crippen molar-refractivity contribution in [2.45, 2.75) is 6.92 Å². The lowest BCUT2D eigenvalue weighted by Gasteiger charge is -1.98. The summed E-state index contributed by atoms with van der Waals surface area (Å²) in [5.41, 5.74) is 1.31. The predicted molar refractivity (Wildman–Crippen MR) is 53.0 cm³/mol. The summed E-state index contributed by atoms with van der Waals surface area (Å²) in [4.78, 5) is 10.8. The van der Waals surface area contributed by atoms with Crippen molar-refractivity contribution in [3.63, 3.8) is 0 Å². The molecule has 15 heavy (non-hydrogen) atoms. The second-order valence-corrected chi connectivity index (χ2v) is 3.46. The molecule has 1 aromatic heterocycles. The molecule has 0 unspecified atom stereocenters. The van der Waals surface area contributed by atoms with E-state index < -0.39 is 11.6 Å². The zero-order chi connectivity index (χ0) is 11.2. The molecule has 78 valence electrons. The van der Waals surface area contributed by atoms with E-state index in [9.17, 15) is 13.6 Å². The van der Waals surface area contributed by atoms with Crippen molar-refractivity contribution in [2.75, 3.05) is 0 Å². The van der Waals surface area contributed by atoms with E-state index in [1.54, 1.807) is 18.5 Å². The molecule has 0 N–H and O–H groups in total. The van der Waals surface area contributed by atoms with Gasteiger partial charge < -0.3 is 4.57 Å². The molecule has 2 nitrogen and oxygen atoms in total. The Labute approximate surface area is 85.1 Å². The Morgan fingerprint density at radius 1 is 1.33 bits per heavy atom. The van der Waals surface area contributed by atoms with Gasteiger partial charge in [0.2, 0.25) is 0 Å². The van der Waals surface area contributed by atoms with Gasteiger partial charge in [-0.3, -0.25) is 4.79 Å². The van der Waals surface area contributed by atoms with E-state index in [-0.39, 0.29) is 10.9 Å². The van der Waals surface area contributed by atoms with Crippen molar-refractivity contribution in [3.05, 3.63) is 35.0 Å². The third-order valence-corrected chi connectivity index (χ3v) is 2.68. The number of aryl methyl sites for hydroxylation is 1. The van der Waals surface area contributed by atoms with Crippen LogP contribution in [0.3, 0.4) is 0 Å². The summed E-state index contributed by atoms with van der Waals surface area (Å²) in [6.45, 7) is 1.70. The summed E-state index contributed by atoms with van der Waals surface area (Å²) in [5, 5.41) is 0.186. The van der Waals surface area contributed by atoms with Gasteiger partial charge in [0.25, 0.3) is 0 Å². The van der Waals surface area contributed by atoms with Crippen LogP contribution in [0.1, 0.15) is 16.1 Å². The molecule has 0 aliphatic heterocycles. The third-order valence-electron chi connectivity index (χ3n) is 2.68. The molecule has 0 aliphatic carbocycles. The van der Waals surface area contributed by atoms with Gasteiger partial charge >= 0.3 is 0 Å². The van der Waals surface area contributed by atoms with Gasteiger partial charge in [-0.1, -0.05) is 0 Å². The fraction of sp³-hybridized carbons (Fsp3) is 0.182. The highest BCUT2D eigenvalue weighted by Crippen LogP contribution is 2.26. The van der Waals surface area contributed by atoms with Crippen LogP contribution < -0.4 is 0 Å². The molecule has 0 atom stereocenters. The maximum absolute atomic E-state index is 13.5. The Bertz CT molecular complexity index is 557. The quantitative estimate of drug-likeness (QED) is 0.661. The van der Waals surface area contributed by atoms with Crippen LogP contribution in [0.2, 0.25) is 0 Å². The smallest absolute Gasteiger partial charge is 0.152 e. The van der Waals surface area contributed by atoms with Crippen LogP contribution in [-0.2, 0) is 7.05 Å². The van der Waals surface area contributed by atoms with Gasteiger partial charge in [0, 0.05) is 29.8 Å². The number of carbonyl (C=O) groups is 1. The summed E-state index contributed by atoms with van der Waals surface area (Å²) in [7, 11) is 1.67. The van der Waals surface area contributed by atoms with Crippen LogP contribution in [-0.4, -0.2) is 10.9 Å². The predicted octanol–water partition coefficient (Wildman–Crippen LogP) is 2.58. The molecule has 0 radical (unpaired) electrons. The third kappa shape index (κ3) is 1.25. The van der Waals surface area contributed by atoms with Crippen LogP contribution >= 0.6 is 0 Å². The average molecular weight is 209 g/mol. The van der Waals surface area contributed by atoms with Crippen molar-refractivity contribution in [1.29, 1.82) is 0 Å². The first kappa shape index (κ1) is 9.83. The standard InChI is InChI=1S/C11H9F2NO/c1-6-8(5-15)11-9(13)3-7(12)4-10(11)14(6)2/h3-5H,1-2H3. The van der Waals surface area contributed by atoms with E-state index in [1.807, 2.05) is 0 Å². The maximum atomic E-state index is 13.5. The molecule has 1 heterocycles. The van der Waals surface area contributed by atoms with Crippen molar-refractivity contribution < 1.29 is 13.6 Å². The zero-order valence-corrected chi connectivity index (χ0v) is 8.34. The second-order valence-electron chi connectivity index (χ2n) is 3.46. The minimum atomic E-state index is -0.698. The summed E-state index contributed by atoms with van der Waals surface area (Å²) in [5.74, 6) is -1.34. The summed E-state index contributed by atoms with van der Waals surface area (Å²) < 4.78 is 28.1. The van der Waals surface area contributed by atoms with Crippen LogP contribution in [0.4, 0.5) is 8.78 Å². The molecule has 0 saturated heterocycles. The number of nitrogens with zero attached hydrogens (tertiary/aromatic N) is 1. The highest BCUT2D eigenvalue weighted by molar-refractivity contribution is 5.99. The van der Waals surface area contributed by atoms with E-state index in [1.165, 1.54) is 6.07 Å². The molecule has 1 aromatic carbocycles. The number of aromatic nitrogens is 1. The number of hydrogen-bond donors (Lipinski definition) is 0. The van der Waals surface area contributed by atoms with Crippen LogP contribution in [0.25, 0.3) is 10.9 Å². The maximum Gasteiger partial charge on any atom is 0.152 e. The molecule has 4 heteroatoms. The first-order valence-electron chi connectivity index (χ1n) is 4.45. The van der Waals surface area contributed by atoms with Crippen molar-refractivity contribution in [2.24, 2.45) is 7.05 Å². The number of rotatable bonds is 1. The molecule has 2 aromatic rings. The van der Waals surface area contributed by atoms with Gasteiger partial charge in [-0.25, -0.2) is 8.78 Å². The normalized spacial score (nSPS) is 10.9. The van der Waals surface area contributed by atoms with Crippen LogP contribution in [0, 0.1) is 18.6 Å². The minimum Gasteiger partial charge on any atom is -0.347 e. The molecule has 0 saturated carbocycles. The van der Waals surface area contributed by atoms with Gasteiger partial charge in [0.15, 0.2) is 6.29 Å². The lowest BCUT2D eigenvalue weighted by Crippen LogP contribution is -1.91. The van der Waals surface area contributed by atoms with Gasteiger partial charge in [0.05, 0.1) is 5.52 Å². The number of aldehydes is 1. The fourth-order valence-corrected chi connectivity index (χ4v) is 1.78. The number of benzene rings is 1. The lowest BCUT2D eigenvalue weighted by atomic mass is 10.1. The highest BCUT2D eigenvalue weighted by atomic mass is 19.1. The summed E-state index contributed by atoms with van der Waals surface area (Å²) >= 11 is 0. The Hall–Kier alpha value is -1.71. The van der Waals surface area contributed by atoms with Crippen molar-refractivity contribution in [3.8, 4) is 0 Å². The molecule has 2 rings (SSSR count). The molecule has 0 bridgehead atoms. The van der Waals surface area contributed by atoms with Crippen molar-refractivity contribution >= 4 is 17.2 Å². The van der Waals surface area contributed by atoms with Gasteiger partial charge in [-0.2, -0.15) is 0 Å². The Morgan fingerprint density at radius 2 is 2.00 bits per heavy atom. The number of hydrogen-bond acceptors (Lipinski definition) is 1. The molecule has 0 aliphatic rings. The molecular weight excluding hydrogens is 200 g/mol. The van der Waals surface area contributed by atoms with E-state index >= 15 is 0 Å². The molecule has 0 spiro atoms. The van der Waals surface area contributed by atoms with E-state index in [2.05, 4.69) is 0 Å². The fourth-order valence-electron chi connectivity index (χ4n) is 1.78.